The van der Waals surface area contributed by atoms with Crippen LogP contribution in [0.15, 0.2) is 16.7 Å². The van der Waals surface area contributed by atoms with Crippen molar-refractivity contribution in [1.29, 1.82) is 0 Å². The predicted molar refractivity (Wildman–Crippen MR) is 72.4 cm³/mol. The molecule has 1 fully saturated rings. The molecule has 1 aliphatic heterocycles. The Balaban J connectivity index is 1.79. The molecule has 1 aromatic heterocycles. The Morgan fingerprint density at radius 1 is 1.59 bits per heavy atom. The van der Waals surface area contributed by atoms with Crippen LogP contribution < -0.4 is 10.1 Å². The van der Waals surface area contributed by atoms with Crippen LogP contribution in [0.25, 0.3) is 0 Å². The molecule has 1 N–H and O–H groups in total. The van der Waals surface area contributed by atoms with Gasteiger partial charge in [0.1, 0.15) is 0 Å². The van der Waals surface area contributed by atoms with Gasteiger partial charge in [-0.15, -0.1) is 0 Å². The Morgan fingerprint density at radius 3 is 3.24 bits per heavy atom. The lowest BCUT2D eigenvalue weighted by atomic mass is 9.97. The molecule has 94 valence electrons. The van der Waals surface area contributed by atoms with E-state index in [0.717, 1.165) is 35.5 Å². The van der Waals surface area contributed by atoms with Crippen molar-refractivity contribution in [3.8, 4) is 5.88 Å². The number of pyridine rings is 1. The van der Waals surface area contributed by atoms with Gasteiger partial charge in [-0.1, -0.05) is 0 Å². The highest BCUT2D eigenvalue weighted by atomic mass is 79.9. The van der Waals surface area contributed by atoms with E-state index >= 15 is 0 Å². The molecule has 0 saturated carbocycles. The summed E-state index contributed by atoms with van der Waals surface area (Å²) in [5.41, 5.74) is 1.16. The Labute approximate surface area is 111 Å². The van der Waals surface area contributed by atoms with Gasteiger partial charge in [0.2, 0.25) is 5.88 Å². The van der Waals surface area contributed by atoms with E-state index in [1.165, 1.54) is 19.4 Å². The highest BCUT2D eigenvalue weighted by Gasteiger charge is 2.13. The average molecular weight is 299 g/mol. The van der Waals surface area contributed by atoms with Crippen LogP contribution >= 0.6 is 15.9 Å². The van der Waals surface area contributed by atoms with Crippen LogP contribution in [0, 0.1) is 12.8 Å². The van der Waals surface area contributed by atoms with E-state index in [-0.39, 0.29) is 0 Å². The van der Waals surface area contributed by atoms with Gasteiger partial charge < -0.3 is 10.1 Å². The largest absolute Gasteiger partial charge is 0.477 e. The average Bonchev–Trinajstić information content (AvgIpc) is 2.36. The number of rotatable bonds is 4. The number of ether oxygens (including phenoxy) is 1. The van der Waals surface area contributed by atoms with Crippen molar-refractivity contribution in [2.75, 3.05) is 19.7 Å². The molecule has 0 bridgehead atoms. The molecule has 2 rings (SSSR count). The van der Waals surface area contributed by atoms with Gasteiger partial charge in [-0.05, 0) is 72.8 Å². The Hall–Kier alpha value is -0.610. The molecule has 17 heavy (non-hydrogen) atoms. The van der Waals surface area contributed by atoms with Crippen molar-refractivity contribution in [3.05, 3.63) is 22.3 Å². The zero-order valence-corrected chi connectivity index (χ0v) is 11.8. The molecule has 1 unspecified atom stereocenters. The van der Waals surface area contributed by atoms with Gasteiger partial charge in [0, 0.05) is 6.20 Å². The topological polar surface area (TPSA) is 34.1 Å². The quantitative estimate of drug-likeness (QED) is 0.928. The number of hydrogen-bond acceptors (Lipinski definition) is 3. The maximum absolute atomic E-state index is 5.73. The summed E-state index contributed by atoms with van der Waals surface area (Å²) in [6, 6.07) is 1.97. The van der Waals surface area contributed by atoms with Crippen molar-refractivity contribution in [3.63, 3.8) is 0 Å². The molecule has 1 saturated heterocycles. The summed E-state index contributed by atoms with van der Waals surface area (Å²) in [5.74, 6) is 1.47. The maximum atomic E-state index is 5.73. The van der Waals surface area contributed by atoms with Crippen molar-refractivity contribution in [2.24, 2.45) is 5.92 Å². The minimum absolute atomic E-state index is 0.716. The molecule has 1 atom stereocenters. The number of hydrogen-bond donors (Lipinski definition) is 1. The molecule has 0 aliphatic carbocycles. The summed E-state index contributed by atoms with van der Waals surface area (Å²) >= 11 is 3.51. The van der Waals surface area contributed by atoms with Gasteiger partial charge in [0.25, 0.3) is 0 Å². The molecule has 0 aromatic carbocycles. The van der Waals surface area contributed by atoms with Crippen LogP contribution in [0.5, 0.6) is 5.88 Å². The summed E-state index contributed by atoms with van der Waals surface area (Å²) in [6.45, 7) is 5.10. The van der Waals surface area contributed by atoms with Gasteiger partial charge in [-0.25, -0.2) is 4.98 Å². The number of aryl methyl sites for hydroxylation is 1. The Morgan fingerprint density at radius 2 is 2.47 bits per heavy atom. The number of halogens is 1. The second-order valence-electron chi connectivity index (χ2n) is 4.60. The van der Waals surface area contributed by atoms with E-state index in [1.54, 1.807) is 6.20 Å². The van der Waals surface area contributed by atoms with Gasteiger partial charge in [0.15, 0.2) is 0 Å². The van der Waals surface area contributed by atoms with Crippen LogP contribution in [0.2, 0.25) is 0 Å². The van der Waals surface area contributed by atoms with Gasteiger partial charge in [0.05, 0.1) is 11.1 Å². The molecular weight excluding hydrogens is 280 g/mol. The van der Waals surface area contributed by atoms with E-state index < -0.39 is 0 Å². The summed E-state index contributed by atoms with van der Waals surface area (Å²) < 4.78 is 6.71. The van der Waals surface area contributed by atoms with Gasteiger partial charge in [-0.3, -0.25) is 0 Å². The molecule has 2 heterocycles. The first-order valence-electron chi connectivity index (χ1n) is 6.22. The van der Waals surface area contributed by atoms with Crippen molar-refractivity contribution in [1.82, 2.24) is 10.3 Å². The number of piperidine rings is 1. The third kappa shape index (κ3) is 3.68. The van der Waals surface area contributed by atoms with Crippen molar-refractivity contribution >= 4 is 15.9 Å². The monoisotopic (exact) mass is 298 g/mol. The number of nitrogens with one attached hydrogen (secondary N) is 1. The third-order valence-corrected chi connectivity index (χ3v) is 4.18. The van der Waals surface area contributed by atoms with Crippen LogP contribution in [0.4, 0.5) is 0 Å². The standard InChI is InChI=1S/C13H19BrN2O/c1-10-4-7-16-13(12(10)14)17-8-5-11-3-2-6-15-9-11/h4,7,11,15H,2-3,5-6,8-9H2,1H3. The Bertz CT molecular complexity index is 364. The molecule has 1 aliphatic rings. The van der Waals surface area contributed by atoms with Crippen LogP contribution in [0.3, 0.4) is 0 Å². The molecule has 0 spiro atoms. The molecular formula is C13H19BrN2O. The maximum Gasteiger partial charge on any atom is 0.228 e. The van der Waals surface area contributed by atoms with Crippen LogP contribution in [0.1, 0.15) is 24.8 Å². The van der Waals surface area contributed by atoms with E-state index in [0.29, 0.717) is 5.88 Å². The van der Waals surface area contributed by atoms with Crippen molar-refractivity contribution in [2.45, 2.75) is 26.2 Å². The van der Waals surface area contributed by atoms with Gasteiger partial charge in [-0.2, -0.15) is 0 Å². The summed E-state index contributed by atoms with van der Waals surface area (Å²) in [5, 5.41) is 3.42. The zero-order chi connectivity index (χ0) is 12.1. The molecule has 4 heteroatoms. The van der Waals surface area contributed by atoms with Crippen LogP contribution in [-0.2, 0) is 0 Å². The fourth-order valence-corrected chi connectivity index (χ4v) is 2.46. The molecule has 1 aromatic rings. The fraction of sp³-hybridized carbons (Fsp3) is 0.615. The number of aromatic nitrogens is 1. The lowest BCUT2D eigenvalue weighted by Crippen LogP contribution is -2.30. The minimum Gasteiger partial charge on any atom is -0.477 e. The highest BCUT2D eigenvalue weighted by molar-refractivity contribution is 9.10. The second kappa shape index (κ2) is 6.36. The van der Waals surface area contributed by atoms with Crippen molar-refractivity contribution < 1.29 is 4.74 Å². The summed E-state index contributed by atoms with van der Waals surface area (Å²) in [6.07, 6.45) is 5.50. The van der Waals surface area contributed by atoms with Crippen LogP contribution in [-0.4, -0.2) is 24.7 Å². The van der Waals surface area contributed by atoms with E-state index in [1.807, 2.05) is 13.0 Å². The number of nitrogens with zero attached hydrogens (tertiary/aromatic N) is 1. The van der Waals surface area contributed by atoms with E-state index in [2.05, 4.69) is 26.2 Å². The summed E-state index contributed by atoms with van der Waals surface area (Å²) in [7, 11) is 0. The van der Waals surface area contributed by atoms with E-state index in [4.69, 9.17) is 4.74 Å². The minimum atomic E-state index is 0.716. The predicted octanol–water partition coefficient (Wildman–Crippen LogP) is 2.92. The fourth-order valence-electron chi connectivity index (χ4n) is 2.11. The lowest BCUT2D eigenvalue weighted by Gasteiger charge is -2.22. The normalized spacial score (nSPS) is 20.2. The first kappa shape index (κ1) is 12.8. The Kier molecular flexibility index (Phi) is 4.80. The first-order valence-corrected chi connectivity index (χ1v) is 7.01. The lowest BCUT2D eigenvalue weighted by molar-refractivity contribution is 0.246. The van der Waals surface area contributed by atoms with Gasteiger partial charge >= 0.3 is 0 Å². The molecule has 0 radical (unpaired) electrons. The molecule has 3 nitrogen and oxygen atoms in total. The zero-order valence-electron chi connectivity index (χ0n) is 10.2. The smallest absolute Gasteiger partial charge is 0.228 e. The SMILES string of the molecule is Cc1ccnc(OCCC2CCCNC2)c1Br. The third-order valence-electron chi connectivity index (χ3n) is 3.21. The highest BCUT2D eigenvalue weighted by Crippen LogP contribution is 2.25. The molecule has 0 amide bonds. The van der Waals surface area contributed by atoms with E-state index in [9.17, 15) is 0 Å². The summed E-state index contributed by atoms with van der Waals surface area (Å²) in [4.78, 5) is 4.24. The first-order chi connectivity index (χ1) is 8.27. The second-order valence-corrected chi connectivity index (χ2v) is 5.39.